The first-order valence-corrected chi connectivity index (χ1v) is 8.16. The topological polar surface area (TPSA) is 84.2 Å². The van der Waals surface area contributed by atoms with Crippen LogP contribution in [0, 0.1) is 5.82 Å². The largest absolute Gasteiger partial charge is 0.342 e. The van der Waals surface area contributed by atoms with E-state index < -0.39 is 23.8 Å². The summed E-state index contributed by atoms with van der Waals surface area (Å²) in [4.78, 5) is 24.8. The lowest BCUT2D eigenvalue weighted by Gasteiger charge is -2.26. The van der Waals surface area contributed by atoms with E-state index in [1.807, 2.05) is 30.3 Å². The summed E-state index contributed by atoms with van der Waals surface area (Å²) in [5, 5.41) is 5.46. The van der Waals surface area contributed by atoms with Gasteiger partial charge in [0.15, 0.2) is 0 Å². The molecule has 0 saturated heterocycles. The molecule has 0 saturated carbocycles. The Balaban J connectivity index is 2.02. The Morgan fingerprint density at radius 2 is 2.00 bits per heavy atom. The van der Waals surface area contributed by atoms with Gasteiger partial charge < -0.3 is 16.4 Å². The molecule has 3 atom stereocenters. The van der Waals surface area contributed by atoms with Crippen LogP contribution in [0.4, 0.5) is 10.1 Å². The molecule has 6 heteroatoms. The minimum Gasteiger partial charge on any atom is -0.342 e. The molecule has 130 valence electrons. The van der Waals surface area contributed by atoms with E-state index in [4.69, 9.17) is 5.73 Å². The summed E-state index contributed by atoms with van der Waals surface area (Å²) < 4.78 is 13.5. The fourth-order valence-corrected chi connectivity index (χ4v) is 3.05. The minimum atomic E-state index is -0.795. The average Bonchev–Trinajstić information content (AvgIpc) is 2.72. The monoisotopic (exact) mass is 341 g/mol. The third-order valence-corrected chi connectivity index (χ3v) is 4.39. The van der Waals surface area contributed by atoms with Crippen molar-refractivity contribution < 1.29 is 14.0 Å². The Bertz CT molecular complexity index is 793. The quantitative estimate of drug-likeness (QED) is 0.798. The first-order valence-electron chi connectivity index (χ1n) is 8.16. The zero-order valence-electron chi connectivity index (χ0n) is 13.8. The van der Waals surface area contributed by atoms with Crippen molar-refractivity contribution >= 4 is 17.5 Å². The van der Waals surface area contributed by atoms with E-state index in [9.17, 15) is 14.0 Å². The van der Waals surface area contributed by atoms with Crippen molar-refractivity contribution in [2.24, 2.45) is 5.73 Å². The van der Waals surface area contributed by atoms with Gasteiger partial charge in [0.05, 0.1) is 6.04 Å². The number of halogens is 1. The van der Waals surface area contributed by atoms with Gasteiger partial charge >= 0.3 is 0 Å². The molecule has 0 aromatic heterocycles. The van der Waals surface area contributed by atoms with Crippen LogP contribution >= 0.6 is 0 Å². The van der Waals surface area contributed by atoms with E-state index in [2.05, 4.69) is 10.6 Å². The van der Waals surface area contributed by atoms with E-state index in [1.165, 1.54) is 12.1 Å². The number of benzene rings is 2. The fourth-order valence-electron chi connectivity index (χ4n) is 3.05. The maximum absolute atomic E-state index is 13.5. The van der Waals surface area contributed by atoms with Gasteiger partial charge in [-0.05, 0) is 36.6 Å². The molecule has 0 spiro atoms. The van der Waals surface area contributed by atoms with Gasteiger partial charge in [-0.1, -0.05) is 36.4 Å². The van der Waals surface area contributed by atoms with Crippen LogP contribution in [0.15, 0.2) is 48.5 Å². The predicted octanol–water partition coefficient (Wildman–Crippen LogP) is 1.94. The highest BCUT2D eigenvalue weighted by molar-refractivity contribution is 5.99. The van der Waals surface area contributed by atoms with Gasteiger partial charge in [0.1, 0.15) is 11.9 Å². The highest BCUT2D eigenvalue weighted by atomic mass is 19.1. The van der Waals surface area contributed by atoms with E-state index >= 15 is 0 Å². The van der Waals surface area contributed by atoms with Crippen molar-refractivity contribution in [1.29, 1.82) is 0 Å². The van der Waals surface area contributed by atoms with Crippen LogP contribution in [0.5, 0.6) is 0 Å². The second-order valence-corrected chi connectivity index (χ2v) is 6.29. The second-order valence-electron chi connectivity index (χ2n) is 6.29. The van der Waals surface area contributed by atoms with Gasteiger partial charge in [-0.15, -0.1) is 0 Å². The minimum absolute atomic E-state index is 0.282. The predicted molar refractivity (Wildman–Crippen MR) is 93.5 cm³/mol. The molecule has 1 aliphatic rings. The normalized spacial score (nSPS) is 20.8. The molecular weight excluding hydrogens is 321 g/mol. The van der Waals surface area contributed by atoms with Crippen molar-refractivity contribution in [3.63, 3.8) is 0 Å². The van der Waals surface area contributed by atoms with Gasteiger partial charge in [-0.2, -0.15) is 0 Å². The molecule has 4 N–H and O–H groups in total. The molecule has 2 aromatic carbocycles. The fraction of sp³-hybridized carbons (Fsp3) is 0.263. The molecule has 3 rings (SSSR count). The van der Waals surface area contributed by atoms with E-state index in [0.717, 1.165) is 11.1 Å². The number of hydrogen-bond donors (Lipinski definition) is 3. The third-order valence-electron chi connectivity index (χ3n) is 4.39. The molecule has 1 heterocycles. The van der Waals surface area contributed by atoms with Crippen molar-refractivity contribution in [2.75, 3.05) is 5.32 Å². The summed E-state index contributed by atoms with van der Waals surface area (Å²) in [5.74, 6) is -1.49. The highest BCUT2D eigenvalue weighted by Gasteiger charge is 2.35. The second kappa shape index (κ2) is 7.03. The molecule has 0 aliphatic carbocycles. The number of rotatable bonds is 3. The molecule has 0 radical (unpaired) electrons. The van der Waals surface area contributed by atoms with Crippen LogP contribution in [0.1, 0.15) is 24.0 Å². The average molecular weight is 341 g/mol. The van der Waals surface area contributed by atoms with Crippen LogP contribution in [0.25, 0.3) is 0 Å². The van der Waals surface area contributed by atoms with Crippen LogP contribution in [-0.2, 0) is 16.0 Å². The lowest BCUT2D eigenvalue weighted by atomic mass is 9.86. The van der Waals surface area contributed by atoms with Gasteiger partial charge in [0.2, 0.25) is 11.8 Å². The molecule has 25 heavy (non-hydrogen) atoms. The summed E-state index contributed by atoms with van der Waals surface area (Å²) in [7, 11) is 0. The molecule has 1 aliphatic heterocycles. The molecule has 0 fully saturated rings. The molecule has 2 amide bonds. The Morgan fingerprint density at radius 3 is 2.68 bits per heavy atom. The first-order chi connectivity index (χ1) is 12.0. The zero-order valence-corrected chi connectivity index (χ0v) is 13.8. The lowest BCUT2D eigenvalue weighted by Crippen LogP contribution is -2.51. The summed E-state index contributed by atoms with van der Waals surface area (Å²) >= 11 is 0. The maximum atomic E-state index is 13.5. The van der Waals surface area contributed by atoms with Gasteiger partial charge in [0.25, 0.3) is 0 Å². The number of nitrogens with one attached hydrogen (secondary N) is 2. The smallest absolute Gasteiger partial charge is 0.247 e. The summed E-state index contributed by atoms with van der Waals surface area (Å²) in [6.45, 7) is 1.56. The zero-order chi connectivity index (χ0) is 18.0. The van der Waals surface area contributed by atoms with Gasteiger partial charge in [-0.25, -0.2) is 4.39 Å². The molecule has 0 bridgehead atoms. The van der Waals surface area contributed by atoms with Crippen LogP contribution in [-0.4, -0.2) is 23.9 Å². The van der Waals surface area contributed by atoms with Crippen molar-refractivity contribution in [1.82, 2.24) is 5.32 Å². The van der Waals surface area contributed by atoms with Crippen molar-refractivity contribution in [2.45, 2.75) is 31.3 Å². The lowest BCUT2D eigenvalue weighted by molar-refractivity contribution is -0.127. The van der Waals surface area contributed by atoms with Crippen LogP contribution < -0.4 is 16.4 Å². The number of hydrogen-bond acceptors (Lipinski definition) is 3. The molecule has 2 aromatic rings. The molecule has 0 unspecified atom stereocenters. The summed E-state index contributed by atoms with van der Waals surface area (Å²) in [6.07, 6.45) is 0.488. The van der Waals surface area contributed by atoms with Gasteiger partial charge in [0, 0.05) is 11.6 Å². The Labute approximate surface area is 145 Å². The SMILES string of the molecule is C[C@H](N)C(=O)N[C@@H]1C(=O)Nc2cc(F)ccc2C[C@@H]1c1ccccc1. The Kier molecular flexibility index (Phi) is 4.81. The molecule has 5 nitrogen and oxygen atoms in total. The van der Waals surface area contributed by atoms with Gasteiger partial charge in [-0.3, -0.25) is 9.59 Å². The number of anilines is 1. The van der Waals surface area contributed by atoms with Crippen LogP contribution in [0.2, 0.25) is 0 Å². The Morgan fingerprint density at radius 1 is 1.28 bits per heavy atom. The van der Waals surface area contributed by atoms with Crippen molar-refractivity contribution in [3.05, 3.63) is 65.5 Å². The number of fused-ring (bicyclic) bond motifs is 1. The van der Waals surface area contributed by atoms with Crippen molar-refractivity contribution in [3.8, 4) is 0 Å². The molecular formula is C19H20FN3O2. The summed E-state index contributed by atoms with van der Waals surface area (Å²) in [5.41, 5.74) is 7.81. The Hall–Kier alpha value is -2.73. The number of carbonyl (C=O) groups excluding carboxylic acids is 2. The first kappa shape index (κ1) is 17.1. The third kappa shape index (κ3) is 3.69. The van der Waals surface area contributed by atoms with E-state index in [1.54, 1.807) is 13.0 Å². The van der Waals surface area contributed by atoms with E-state index in [0.29, 0.717) is 12.1 Å². The maximum Gasteiger partial charge on any atom is 0.247 e. The standard InChI is InChI=1S/C19H20FN3O2/c1-11(21)18(24)23-17-15(12-5-3-2-4-6-12)9-13-7-8-14(20)10-16(13)22-19(17)25/h2-8,10-11,15,17H,9,21H2,1H3,(H,22,25)(H,23,24)/t11-,15+,17-/m0/s1. The summed E-state index contributed by atoms with van der Waals surface area (Å²) in [6, 6.07) is 12.3. The van der Waals surface area contributed by atoms with Crippen LogP contribution in [0.3, 0.4) is 0 Å². The number of carbonyl (C=O) groups is 2. The number of nitrogens with two attached hydrogens (primary N) is 1. The highest BCUT2D eigenvalue weighted by Crippen LogP contribution is 2.32. The van der Waals surface area contributed by atoms with E-state index in [-0.39, 0.29) is 11.8 Å². The number of amides is 2.